The maximum atomic E-state index is 11.5. The Kier molecular flexibility index (Phi) is 3.57. The number of carbonyl (C=O) groups is 1. The topological polar surface area (TPSA) is 51.2 Å². The maximum absolute atomic E-state index is 11.5. The Bertz CT molecular complexity index is 571. The van der Waals surface area contributed by atoms with Crippen LogP contribution < -0.4 is 10.1 Å². The summed E-state index contributed by atoms with van der Waals surface area (Å²) >= 11 is 0. The van der Waals surface area contributed by atoms with Gasteiger partial charge in [0.2, 0.25) is 0 Å². The molecule has 1 aromatic carbocycles. The highest BCUT2D eigenvalue weighted by Gasteiger charge is 2.05. The molecule has 0 atom stereocenters. The number of rotatable bonds is 2. The van der Waals surface area contributed by atoms with Crippen LogP contribution in [0.1, 0.15) is 5.56 Å². The van der Waals surface area contributed by atoms with Crippen molar-refractivity contribution < 1.29 is 9.53 Å². The second-order valence-electron chi connectivity index (χ2n) is 3.40. The number of aromatic nitrogens is 1. The van der Waals surface area contributed by atoms with E-state index in [0.29, 0.717) is 17.1 Å². The molecule has 4 nitrogen and oxygen atoms in total. The van der Waals surface area contributed by atoms with Gasteiger partial charge in [-0.05, 0) is 24.3 Å². The second-order valence-corrected chi connectivity index (χ2v) is 3.40. The number of anilines is 1. The highest BCUT2D eigenvalue weighted by Crippen LogP contribution is 2.10. The van der Waals surface area contributed by atoms with Gasteiger partial charge in [0.05, 0.1) is 0 Å². The molecule has 1 heterocycles. The van der Waals surface area contributed by atoms with Crippen LogP contribution in [0.15, 0.2) is 48.7 Å². The molecule has 1 N–H and O–H groups in total. The summed E-state index contributed by atoms with van der Waals surface area (Å²) in [6.07, 6.45) is 6.10. The summed E-state index contributed by atoms with van der Waals surface area (Å²) in [5.74, 6) is 3.29. The molecule has 0 saturated carbocycles. The average Bonchev–Trinajstić information content (AvgIpc) is 2.40. The van der Waals surface area contributed by atoms with Crippen LogP contribution in [-0.2, 0) is 0 Å². The van der Waals surface area contributed by atoms with Gasteiger partial charge in [0.15, 0.2) is 0 Å². The molecule has 4 heteroatoms. The Labute approximate surface area is 105 Å². The number of terminal acetylenes is 1. The Morgan fingerprint density at radius 2 is 2.00 bits per heavy atom. The van der Waals surface area contributed by atoms with Crippen LogP contribution in [0.2, 0.25) is 0 Å². The summed E-state index contributed by atoms with van der Waals surface area (Å²) in [7, 11) is 0. The Morgan fingerprint density at radius 3 is 2.61 bits per heavy atom. The van der Waals surface area contributed by atoms with Gasteiger partial charge < -0.3 is 4.74 Å². The van der Waals surface area contributed by atoms with E-state index in [9.17, 15) is 4.79 Å². The van der Waals surface area contributed by atoms with Gasteiger partial charge in [-0.15, -0.1) is 6.42 Å². The van der Waals surface area contributed by atoms with E-state index in [2.05, 4.69) is 16.2 Å². The van der Waals surface area contributed by atoms with Crippen LogP contribution in [0, 0.1) is 12.3 Å². The first kappa shape index (κ1) is 11.7. The van der Waals surface area contributed by atoms with Gasteiger partial charge in [0, 0.05) is 11.8 Å². The zero-order valence-corrected chi connectivity index (χ0v) is 9.46. The van der Waals surface area contributed by atoms with E-state index >= 15 is 0 Å². The monoisotopic (exact) mass is 238 g/mol. The molecule has 1 aromatic heterocycles. The molecule has 0 unspecified atom stereocenters. The first-order chi connectivity index (χ1) is 8.78. The number of hydrogen-bond donors (Lipinski definition) is 1. The van der Waals surface area contributed by atoms with Gasteiger partial charge in [-0.3, -0.25) is 5.32 Å². The molecule has 0 bridgehead atoms. The first-order valence-electron chi connectivity index (χ1n) is 5.24. The Balaban J connectivity index is 1.97. The van der Waals surface area contributed by atoms with Crippen molar-refractivity contribution >= 4 is 11.9 Å². The van der Waals surface area contributed by atoms with Crippen LogP contribution in [0.25, 0.3) is 0 Å². The van der Waals surface area contributed by atoms with E-state index in [1.165, 1.54) is 6.20 Å². The van der Waals surface area contributed by atoms with Crippen LogP contribution in [-0.4, -0.2) is 11.1 Å². The highest BCUT2D eigenvalue weighted by atomic mass is 16.6. The fourth-order valence-electron chi connectivity index (χ4n) is 1.28. The molecule has 2 rings (SSSR count). The summed E-state index contributed by atoms with van der Waals surface area (Å²) in [4.78, 5) is 15.5. The van der Waals surface area contributed by atoms with Gasteiger partial charge in [-0.1, -0.05) is 24.1 Å². The van der Waals surface area contributed by atoms with Crippen molar-refractivity contribution in [2.75, 3.05) is 5.32 Å². The molecule has 0 saturated heterocycles. The van der Waals surface area contributed by atoms with Gasteiger partial charge >= 0.3 is 6.09 Å². The zero-order chi connectivity index (χ0) is 12.8. The van der Waals surface area contributed by atoms with E-state index < -0.39 is 6.09 Å². The van der Waals surface area contributed by atoms with Crippen LogP contribution in [0.5, 0.6) is 5.75 Å². The van der Waals surface area contributed by atoms with Gasteiger partial charge in [-0.25, -0.2) is 9.78 Å². The van der Waals surface area contributed by atoms with E-state index in [-0.39, 0.29) is 0 Å². The number of para-hydroxylation sites is 1. The number of ether oxygens (including phenoxy) is 1. The number of carbonyl (C=O) groups excluding carboxylic acids is 1. The molecular weight excluding hydrogens is 228 g/mol. The lowest BCUT2D eigenvalue weighted by Gasteiger charge is -2.05. The summed E-state index contributed by atoms with van der Waals surface area (Å²) in [6, 6.07) is 12.1. The predicted molar refractivity (Wildman–Crippen MR) is 68.3 cm³/mol. The smallest absolute Gasteiger partial charge is 0.410 e. The summed E-state index contributed by atoms with van der Waals surface area (Å²) < 4.78 is 5.04. The van der Waals surface area contributed by atoms with Gasteiger partial charge in [0.1, 0.15) is 11.6 Å². The molecule has 0 radical (unpaired) electrons. The van der Waals surface area contributed by atoms with Crippen molar-refractivity contribution in [2.24, 2.45) is 0 Å². The SMILES string of the molecule is C#Cc1ccc(NC(=O)Oc2ccccc2)nc1. The fourth-order valence-corrected chi connectivity index (χ4v) is 1.28. The number of benzene rings is 1. The highest BCUT2D eigenvalue weighted by molar-refractivity contribution is 5.85. The molecule has 2 aromatic rings. The average molecular weight is 238 g/mol. The van der Waals surface area contributed by atoms with Crippen LogP contribution in [0.4, 0.5) is 10.6 Å². The maximum Gasteiger partial charge on any atom is 0.418 e. The van der Waals surface area contributed by atoms with Crippen molar-refractivity contribution in [3.63, 3.8) is 0 Å². The lowest BCUT2D eigenvalue weighted by molar-refractivity contribution is 0.215. The fraction of sp³-hybridized carbons (Fsp3) is 0. The first-order valence-corrected chi connectivity index (χ1v) is 5.24. The molecule has 0 spiro atoms. The van der Waals surface area contributed by atoms with Crippen molar-refractivity contribution in [1.29, 1.82) is 0 Å². The third-order valence-electron chi connectivity index (χ3n) is 2.11. The molecule has 88 valence electrons. The molecule has 0 aliphatic rings. The van der Waals surface area contributed by atoms with Crippen LogP contribution >= 0.6 is 0 Å². The van der Waals surface area contributed by atoms with Crippen molar-refractivity contribution in [3.8, 4) is 18.1 Å². The van der Waals surface area contributed by atoms with Crippen molar-refractivity contribution in [3.05, 3.63) is 54.2 Å². The van der Waals surface area contributed by atoms with E-state index in [1.807, 2.05) is 6.07 Å². The number of pyridine rings is 1. The minimum absolute atomic E-state index is 0.384. The minimum atomic E-state index is -0.595. The number of amides is 1. The quantitative estimate of drug-likeness (QED) is 0.818. The van der Waals surface area contributed by atoms with Gasteiger partial charge in [0.25, 0.3) is 0 Å². The molecule has 1 amide bonds. The normalized spacial score (nSPS) is 9.28. The number of hydrogen-bond acceptors (Lipinski definition) is 3. The molecule has 0 fully saturated rings. The van der Waals surface area contributed by atoms with Crippen molar-refractivity contribution in [1.82, 2.24) is 4.98 Å². The number of nitrogens with zero attached hydrogens (tertiary/aromatic N) is 1. The van der Waals surface area contributed by atoms with Gasteiger partial charge in [-0.2, -0.15) is 0 Å². The minimum Gasteiger partial charge on any atom is -0.410 e. The molecule has 0 aliphatic carbocycles. The molecule has 0 aliphatic heterocycles. The second kappa shape index (κ2) is 5.51. The molecule has 18 heavy (non-hydrogen) atoms. The number of nitrogens with one attached hydrogen (secondary N) is 1. The summed E-state index contributed by atoms with van der Waals surface area (Å²) in [5, 5.41) is 2.50. The van der Waals surface area contributed by atoms with E-state index in [0.717, 1.165) is 0 Å². The van der Waals surface area contributed by atoms with Crippen molar-refractivity contribution in [2.45, 2.75) is 0 Å². The molecular formula is C14H10N2O2. The predicted octanol–water partition coefficient (Wildman–Crippen LogP) is 2.67. The largest absolute Gasteiger partial charge is 0.418 e. The summed E-state index contributed by atoms with van der Waals surface area (Å²) in [6.45, 7) is 0. The van der Waals surface area contributed by atoms with E-state index in [4.69, 9.17) is 11.2 Å². The third-order valence-corrected chi connectivity index (χ3v) is 2.11. The van der Waals surface area contributed by atoms with Crippen LogP contribution in [0.3, 0.4) is 0 Å². The lowest BCUT2D eigenvalue weighted by atomic mass is 10.3. The van der Waals surface area contributed by atoms with E-state index in [1.54, 1.807) is 36.4 Å². The third kappa shape index (κ3) is 3.09. The summed E-state index contributed by atoms with van der Waals surface area (Å²) in [5.41, 5.74) is 0.650. The Hall–Kier alpha value is -2.80. The Morgan fingerprint density at radius 1 is 1.22 bits per heavy atom. The zero-order valence-electron chi connectivity index (χ0n) is 9.46. The standard InChI is InChI=1S/C14H10N2O2/c1-2-11-8-9-13(15-10-11)16-14(17)18-12-6-4-3-5-7-12/h1,3-10H,(H,15,16,17). The lowest BCUT2D eigenvalue weighted by Crippen LogP contribution is -2.17.